The van der Waals surface area contributed by atoms with Crippen molar-refractivity contribution >= 4 is 34.8 Å². The van der Waals surface area contributed by atoms with Gasteiger partial charge in [-0.15, -0.1) is 0 Å². The van der Waals surface area contributed by atoms with Crippen molar-refractivity contribution in [1.29, 1.82) is 0 Å². The van der Waals surface area contributed by atoms with Gasteiger partial charge in [0.25, 0.3) is 11.9 Å². The quantitative estimate of drug-likeness (QED) is 0.328. The first-order chi connectivity index (χ1) is 17.4. The summed E-state index contributed by atoms with van der Waals surface area (Å²) in [4.78, 5) is 27.9. The van der Waals surface area contributed by atoms with E-state index >= 15 is 0 Å². The highest BCUT2D eigenvalue weighted by molar-refractivity contribution is 6.29. The molecule has 0 unspecified atom stereocenters. The van der Waals surface area contributed by atoms with E-state index in [-0.39, 0.29) is 55.8 Å². The Morgan fingerprint density at radius 3 is 2.41 bits per heavy atom. The second-order valence-corrected chi connectivity index (χ2v) is 9.26. The third-order valence-corrected chi connectivity index (χ3v) is 6.60. The standard InChI is InChI=1S/C22H18ClF6N5O3/c23-15-2-1-14-16(31-15)32-19(37-14)34-7-5-33(6-8-34)18(35)12-9-13(21(24,25)26)17(30-10-12)36-11-20(3-4-20)22(27,28)29/h1-2,9-10H,3-8,11H2. The van der Waals surface area contributed by atoms with E-state index in [9.17, 15) is 31.1 Å². The molecule has 3 aromatic heterocycles. The number of aromatic nitrogens is 3. The van der Waals surface area contributed by atoms with Crippen molar-refractivity contribution in [2.24, 2.45) is 5.41 Å². The lowest BCUT2D eigenvalue weighted by molar-refractivity contribution is -0.195. The van der Waals surface area contributed by atoms with Gasteiger partial charge in [-0.25, -0.2) is 9.97 Å². The van der Waals surface area contributed by atoms with Crippen molar-refractivity contribution in [3.63, 3.8) is 0 Å². The summed E-state index contributed by atoms with van der Waals surface area (Å²) in [7, 11) is 0. The summed E-state index contributed by atoms with van der Waals surface area (Å²) in [5.74, 6) is -1.70. The molecule has 0 bridgehead atoms. The van der Waals surface area contributed by atoms with Crippen LogP contribution in [0.1, 0.15) is 28.8 Å². The number of carbonyl (C=O) groups is 1. The van der Waals surface area contributed by atoms with Gasteiger partial charge in [-0.2, -0.15) is 31.3 Å². The summed E-state index contributed by atoms with van der Waals surface area (Å²) in [5.41, 5.74) is -3.19. The Morgan fingerprint density at radius 1 is 1.08 bits per heavy atom. The van der Waals surface area contributed by atoms with Crippen LogP contribution in [0.3, 0.4) is 0 Å². The fraction of sp³-hybridized carbons (Fsp3) is 0.455. The van der Waals surface area contributed by atoms with Crippen LogP contribution in [0.25, 0.3) is 11.2 Å². The van der Waals surface area contributed by atoms with Gasteiger partial charge in [0.05, 0.1) is 5.56 Å². The van der Waals surface area contributed by atoms with Gasteiger partial charge in [-0.05, 0) is 31.0 Å². The number of carbonyl (C=O) groups excluding carboxylic acids is 1. The van der Waals surface area contributed by atoms with Crippen molar-refractivity contribution in [3.8, 4) is 5.88 Å². The zero-order valence-corrected chi connectivity index (χ0v) is 19.6. The Morgan fingerprint density at radius 2 is 1.78 bits per heavy atom. The van der Waals surface area contributed by atoms with Crippen molar-refractivity contribution in [2.45, 2.75) is 25.2 Å². The molecule has 3 aromatic rings. The highest BCUT2D eigenvalue weighted by atomic mass is 35.5. The number of alkyl halides is 6. The molecule has 1 saturated carbocycles. The minimum absolute atomic E-state index is 0.152. The summed E-state index contributed by atoms with van der Waals surface area (Å²) in [6, 6.07) is 4.00. The summed E-state index contributed by atoms with van der Waals surface area (Å²) in [5, 5.41) is 0.249. The second-order valence-electron chi connectivity index (χ2n) is 8.87. The predicted molar refractivity (Wildman–Crippen MR) is 117 cm³/mol. The highest BCUT2D eigenvalue weighted by Crippen LogP contribution is 2.57. The van der Waals surface area contributed by atoms with E-state index in [1.165, 1.54) is 4.90 Å². The van der Waals surface area contributed by atoms with Crippen LogP contribution in [-0.2, 0) is 6.18 Å². The number of hydrogen-bond donors (Lipinski definition) is 0. The Bertz CT molecular complexity index is 1330. The molecule has 2 aliphatic rings. The monoisotopic (exact) mass is 549 g/mol. The van der Waals surface area contributed by atoms with Crippen LogP contribution in [0.5, 0.6) is 5.88 Å². The number of pyridine rings is 2. The zero-order valence-electron chi connectivity index (χ0n) is 18.9. The first kappa shape index (κ1) is 25.4. The van der Waals surface area contributed by atoms with Crippen molar-refractivity contribution in [2.75, 3.05) is 37.7 Å². The van der Waals surface area contributed by atoms with E-state index in [4.69, 9.17) is 20.8 Å². The molecule has 15 heteroatoms. The molecule has 1 aliphatic heterocycles. The number of rotatable bonds is 5. The van der Waals surface area contributed by atoms with Crippen LogP contribution in [-0.4, -0.2) is 64.7 Å². The summed E-state index contributed by atoms with van der Waals surface area (Å²) >= 11 is 5.85. The van der Waals surface area contributed by atoms with E-state index in [1.54, 1.807) is 17.0 Å². The largest absolute Gasteiger partial charge is 0.476 e. The molecule has 1 aliphatic carbocycles. The smallest absolute Gasteiger partial charge is 0.421 e. The van der Waals surface area contributed by atoms with E-state index in [2.05, 4.69) is 15.0 Å². The average molecular weight is 550 g/mol. The normalized spacial score (nSPS) is 17.8. The fourth-order valence-electron chi connectivity index (χ4n) is 3.96. The Labute approximate surface area is 210 Å². The number of amides is 1. The van der Waals surface area contributed by atoms with Crippen molar-refractivity contribution < 1.29 is 40.3 Å². The Kier molecular flexibility index (Phi) is 6.12. The number of anilines is 1. The number of hydrogen-bond acceptors (Lipinski definition) is 7. The second kappa shape index (κ2) is 8.92. The summed E-state index contributed by atoms with van der Waals surface area (Å²) in [6.07, 6.45) is -9.16. The van der Waals surface area contributed by atoms with E-state index in [0.717, 1.165) is 6.20 Å². The van der Waals surface area contributed by atoms with E-state index in [1.807, 2.05) is 0 Å². The maximum Gasteiger partial charge on any atom is 0.421 e. The lowest BCUT2D eigenvalue weighted by atomic mass is 10.1. The summed E-state index contributed by atoms with van der Waals surface area (Å²) in [6.45, 7) is -0.0998. The minimum Gasteiger partial charge on any atom is -0.476 e. The number of nitrogens with zero attached hydrogens (tertiary/aromatic N) is 5. The van der Waals surface area contributed by atoms with Gasteiger partial charge < -0.3 is 19.0 Å². The zero-order chi connectivity index (χ0) is 26.6. The molecule has 5 rings (SSSR count). The molecule has 0 aromatic carbocycles. The molecular weight excluding hydrogens is 532 g/mol. The number of ether oxygens (including phenoxy) is 1. The molecule has 0 radical (unpaired) electrons. The first-order valence-electron chi connectivity index (χ1n) is 11.1. The van der Waals surface area contributed by atoms with Crippen LogP contribution in [0.15, 0.2) is 28.8 Å². The van der Waals surface area contributed by atoms with Crippen molar-refractivity contribution in [3.05, 3.63) is 40.7 Å². The predicted octanol–water partition coefficient (Wildman–Crippen LogP) is 4.97. The molecule has 2 fully saturated rings. The molecule has 4 heterocycles. The Balaban J connectivity index is 1.27. The lowest BCUT2D eigenvalue weighted by Gasteiger charge is -2.33. The number of piperazine rings is 1. The molecule has 0 spiro atoms. The van der Waals surface area contributed by atoms with Crippen LogP contribution in [0, 0.1) is 5.41 Å². The SMILES string of the molecule is O=C(c1cnc(OCC2(C(F)(F)F)CC2)c(C(F)(F)F)c1)N1CCN(c2nc3nc(Cl)ccc3o2)CC1. The number of fused-ring (bicyclic) bond motifs is 1. The molecule has 0 atom stereocenters. The van der Waals surface area contributed by atoms with Gasteiger partial charge in [0, 0.05) is 32.4 Å². The Hall–Kier alpha value is -3.29. The maximum atomic E-state index is 13.7. The molecule has 0 N–H and O–H groups in total. The van der Waals surface area contributed by atoms with E-state index in [0.29, 0.717) is 17.3 Å². The average Bonchev–Trinajstić information content (AvgIpc) is 3.54. The molecule has 1 saturated heterocycles. The highest BCUT2D eigenvalue weighted by Gasteiger charge is 2.64. The van der Waals surface area contributed by atoms with Crippen LogP contribution >= 0.6 is 11.6 Å². The minimum atomic E-state index is -4.99. The van der Waals surface area contributed by atoms with Crippen molar-refractivity contribution in [1.82, 2.24) is 19.9 Å². The van der Waals surface area contributed by atoms with Gasteiger partial charge in [0.1, 0.15) is 22.7 Å². The van der Waals surface area contributed by atoms with E-state index < -0.39 is 41.7 Å². The van der Waals surface area contributed by atoms with Gasteiger partial charge in [0.2, 0.25) is 11.5 Å². The van der Waals surface area contributed by atoms with Gasteiger partial charge in [-0.3, -0.25) is 4.79 Å². The van der Waals surface area contributed by atoms with Gasteiger partial charge in [-0.1, -0.05) is 11.6 Å². The third kappa shape index (κ3) is 4.98. The van der Waals surface area contributed by atoms with Gasteiger partial charge in [0.15, 0.2) is 5.58 Å². The third-order valence-electron chi connectivity index (χ3n) is 6.39. The van der Waals surface area contributed by atoms with Crippen LogP contribution < -0.4 is 9.64 Å². The molecule has 1 amide bonds. The topological polar surface area (TPSA) is 84.6 Å². The molecule has 8 nitrogen and oxygen atoms in total. The maximum absolute atomic E-state index is 13.7. The first-order valence-corrected chi connectivity index (χ1v) is 11.5. The lowest BCUT2D eigenvalue weighted by Crippen LogP contribution is -2.49. The molecule has 198 valence electrons. The fourth-order valence-corrected chi connectivity index (χ4v) is 4.10. The molecule has 37 heavy (non-hydrogen) atoms. The van der Waals surface area contributed by atoms with Gasteiger partial charge >= 0.3 is 12.4 Å². The van der Waals surface area contributed by atoms with Crippen LogP contribution in [0.4, 0.5) is 32.4 Å². The number of oxazole rings is 1. The number of halogens is 7. The summed E-state index contributed by atoms with van der Waals surface area (Å²) < 4.78 is 90.8. The molecular formula is C22H18ClF6N5O3. The van der Waals surface area contributed by atoms with Crippen LogP contribution in [0.2, 0.25) is 5.15 Å².